The number of carbonyl (C=O) groups excluding carboxylic acids is 2. The smallest absolute Gasteiger partial charge is 0.321 e. The van der Waals surface area contributed by atoms with E-state index in [1.165, 1.54) is 11.8 Å². The van der Waals surface area contributed by atoms with Crippen LogP contribution in [0.1, 0.15) is 13.8 Å². The third-order valence-electron chi connectivity index (χ3n) is 1.63. The van der Waals surface area contributed by atoms with Crippen LogP contribution in [0, 0.1) is 5.92 Å². The molecule has 1 atom stereocenters. The molecular formula is C9H19N3O2S. The molecule has 0 heterocycles. The van der Waals surface area contributed by atoms with Crippen LogP contribution >= 0.6 is 11.8 Å². The van der Waals surface area contributed by atoms with E-state index in [9.17, 15) is 9.59 Å². The number of nitrogens with two attached hydrogens (primary N) is 1. The summed E-state index contributed by atoms with van der Waals surface area (Å²) in [6.07, 6.45) is 0. The lowest BCUT2D eigenvalue weighted by atomic mass is 10.2. The summed E-state index contributed by atoms with van der Waals surface area (Å²) in [7, 11) is 0. The molecule has 0 aromatic heterocycles. The van der Waals surface area contributed by atoms with E-state index in [0.717, 1.165) is 5.75 Å². The topological polar surface area (TPSA) is 84.2 Å². The van der Waals surface area contributed by atoms with Crippen molar-refractivity contribution in [1.29, 1.82) is 0 Å². The third kappa shape index (κ3) is 8.26. The summed E-state index contributed by atoms with van der Waals surface area (Å²) in [6, 6.07) is -0.435. The highest BCUT2D eigenvalue weighted by molar-refractivity contribution is 7.99. The molecule has 0 aliphatic heterocycles. The number of hydrogen-bond donors (Lipinski definition) is 3. The Labute approximate surface area is 94.5 Å². The largest absolute Gasteiger partial charge is 0.338 e. The molecule has 0 rings (SSSR count). The molecule has 0 fully saturated rings. The van der Waals surface area contributed by atoms with Crippen LogP contribution in [0.3, 0.4) is 0 Å². The number of thioether (sulfide) groups is 1. The van der Waals surface area contributed by atoms with Crippen molar-refractivity contribution in [2.24, 2.45) is 11.7 Å². The van der Waals surface area contributed by atoms with E-state index in [1.807, 2.05) is 6.92 Å². The summed E-state index contributed by atoms with van der Waals surface area (Å²) in [4.78, 5) is 22.1. The Morgan fingerprint density at radius 2 is 2.13 bits per heavy atom. The highest BCUT2D eigenvalue weighted by Crippen LogP contribution is 2.06. The molecule has 0 bridgehead atoms. The van der Waals surface area contributed by atoms with Crippen LogP contribution in [-0.4, -0.2) is 36.5 Å². The van der Waals surface area contributed by atoms with Crippen molar-refractivity contribution in [2.75, 3.05) is 24.6 Å². The van der Waals surface area contributed by atoms with Gasteiger partial charge >= 0.3 is 6.03 Å². The molecule has 0 spiro atoms. The van der Waals surface area contributed by atoms with Crippen molar-refractivity contribution in [3.05, 3.63) is 0 Å². The number of urea groups is 1. The first-order valence-electron chi connectivity index (χ1n) is 4.95. The van der Waals surface area contributed by atoms with E-state index in [-0.39, 0.29) is 5.91 Å². The molecule has 6 heteroatoms. The molecule has 1 unspecified atom stereocenters. The van der Waals surface area contributed by atoms with Crippen LogP contribution in [0.25, 0.3) is 0 Å². The fourth-order valence-electron chi connectivity index (χ4n) is 0.788. The Bertz CT molecular complexity index is 212. The predicted molar refractivity (Wildman–Crippen MR) is 62.8 cm³/mol. The normalized spacial score (nSPS) is 11.9. The molecule has 0 aliphatic carbocycles. The first kappa shape index (κ1) is 14.2. The van der Waals surface area contributed by atoms with Gasteiger partial charge in [-0.25, -0.2) is 4.79 Å². The Morgan fingerprint density at radius 3 is 2.67 bits per heavy atom. The minimum Gasteiger partial charge on any atom is -0.338 e. The van der Waals surface area contributed by atoms with Gasteiger partial charge in [0.1, 0.15) is 0 Å². The molecule has 5 nitrogen and oxygen atoms in total. The maximum atomic E-state index is 11.2. The summed E-state index contributed by atoms with van der Waals surface area (Å²) in [5, 5.41) is 4.72. The van der Waals surface area contributed by atoms with Crippen molar-refractivity contribution < 1.29 is 9.59 Å². The summed E-state index contributed by atoms with van der Waals surface area (Å²) in [5.74, 6) is 1.25. The van der Waals surface area contributed by atoms with Crippen molar-refractivity contribution in [2.45, 2.75) is 13.8 Å². The molecule has 0 aliphatic rings. The first-order chi connectivity index (χ1) is 7.10. The van der Waals surface area contributed by atoms with Gasteiger partial charge in [0, 0.05) is 6.54 Å². The maximum absolute atomic E-state index is 11.2. The van der Waals surface area contributed by atoms with Crippen LogP contribution < -0.4 is 16.4 Å². The second-order valence-corrected chi connectivity index (χ2v) is 4.29. The van der Waals surface area contributed by atoms with Crippen LogP contribution in [0.15, 0.2) is 0 Å². The van der Waals surface area contributed by atoms with Crippen LogP contribution in [0.4, 0.5) is 4.79 Å². The zero-order valence-electron chi connectivity index (χ0n) is 9.21. The van der Waals surface area contributed by atoms with Gasteiger partial charge in [0.15, 0.2) is 0 Å². The summed E-state index contributed by atoms with van der Waals surface area (Å²) >= 11 is 1.48. The fourth-order valence-corrected chi connectivity index (χ4v) is 1.70. The SMILES string of the molecule is CCNC(=O)NC(=O)CSCC(C)CN. The lowest BCUT2D eigenvalue weighted by molar-refractivity contribution is -0.117. The van der Waals surface area contributed by atoms with Crippen LogP contribution in [0.5, 0.6) is 0 Å². The van der Waals surface area contributed by atoms with Gasteiger partial charge in [-0.1, -0.05) is 6.92 Å². The van der Waals surface area contributed by atoms with Gasteiger partial charge < -0.3 is 11.1 Å². The predicted octanol–water partition coefficient (Wildman–Crippen LogP) is 0.160. The summed E-state index contributed by atoms with van der Waals surface area (Å²) < 4.78 is 0. The van der Waals surface area contributed by atoms with Gasteiger partial charge in [0.25, 0.3) is 0 Å². The molecular weight excluding hydrogens is 214 g/mol. The molecule has 0 saturated heterocycles. The van der Waals surface area contributed by atoms with E-state index >= 15 is 0 Å². The highest BCUT2D eigenvalue weighted by Gasteiger charge is 2.07. The Morgan fingerprint density at radius 1 is 1.47 bits per heavy atom. The average molecular weight is 233 g/mol. The fraction of sp³-hybridized carbons (Fsp3) is 0.778. The summed E-state index contributed by atoms with van der Waals surface area (Å²) in [6.45, 7) is 4.94. The molecule has 0 aromatic carbocycles. The maximum Gasteiger partial charge on any atom is 0.321 e. The second kappa shape index (κ2) is 8.55. The number of amides is 3. The zero-order valence-corrected chi connectivity index (χ0v) is 10.0. The van der Waals surface area contributed by atoms with E-state index in [0.29, 0.717) is 24.8 Å². The second-order valence-electron chi connectivity index (χ2n) is 3.26. The van der Waals surface area contributed by atoms with Gasteiger partial charge in [-0.3, -0.25) is 10.1 Å². The van der Waals surface area contributed by atoms with Crippen molar-refractivity contribution in [3.8, 4) is 0 Å². The minimum absolute atomic E-state index is 0.268. The van der Waals surface area contributed by atoms with Crippen molar-refractivity contribution in [1.82, 2.24) is 10.6 Å². The highest BCUT2D eigenvalue weighted by atomic mass is 32.2. The molecule has 15 heavy (non-hydrogen) atoms. The monoisotopic (exact) mass is 233 g/mol. The van der Waals surface area contributed by atoms with Crippen LogP contribution in [-0.2, 0) is 4.79 Å². The summed E-state index contributed by atoms with van der Waals surface area (Å²) in [5.41, 5.74) is 5.43. The van der Waals surface area contributed by atoms with E-state index < -0.39 is 6.03 Å². The van der Waals surface area contributed by atoms with E-state index in [4.69, 9.17) is 5.73 Å². The number of nitrogens with one attached hydrogen (secondary N) is 2. The molecule has 88 valence electrons. The van der Waals surface area contributed by atoms with Gasteiger partial charge in [-0.2, -0.15) is 11.8 Å². The van der Waals surface area contributed by atoms with Crippen molar-refractivity contribution >= 4 is 23.7 Å². The lowest BCUT2D eigenvalue weighted by Crippen LogP contribution is -2.40. The number of hydrogen-bond acceptors (Lipinski definition) is 4. The number of carbonyl (C=O) groups is 2. The Balaban J connectivity index is 3.53. The Hall–Kier alpha value is -0.750. The average Bonchev–Trinajstić information content (AvgIpc) is 2.17. The zero-order chi connectivity index (χ0) is 11.7. The molecule has 0 aromatic rings. The van der Waals surface area contributed by atoms with Crippen molar-refractivity contribution in [3.63, 3.8) is 0 Å². The van der Waals surface area contributed by atoms with E-state index in [2.05, 4.69) is 10.6 Å². The van der Waals surface area contributed by atoms with Gasteiger partial charge in [-0.15, -0.1) is 0 Å². The lowest BCUT2D eigenvalue weighted by Gasteiger charge is -2.07. The van der Waals surface area contributed by atoms with Gasteiger partial charge in [0.2, 0.25) is 5.91 Å². The molecule has 0 radical (unpaired) electrons. The first-order valence-corrected chi connectivity index (χ1v) is 6.11. The van der Waals surface area contributed by atoms with Crippen LogP contribution in [0.2, 0.25) is 0 Å². The minimum atomic E-state index is -0.435. The number of imide groups is 1. The molecule has 0 saturated carbocycles. The quantitative estimate of drug-likeness (QED) is 0.610. The van der Waals surface area contributed by atoms with Gasteiger partial charge in [0.05, 0.1) is 5.75 Å². The molecule has 4 N–H and O–H groups in total. The standard InChI is InChI=1S/C9H19N3O2S/c1-3-11-9(14)12-8(13)6-15-5-7(2)4-10/h7H,3-6,10H2,1-2H3,(H2,11,12,13,14). The van der Waals surface area contributed by atoms with Gasteiger partial charge in [-0.05, 0) is 25.1 Å². The van der Waals surface area contributed by atoms with E-state index in [1.54, 1.807) is 6.92 Å². The number of rotatable bonds is 6. The molecule has 3 amide bonds. The Kier molecular flexibility index (Phi) is 8.12. The third-order valence-corrected chi connectivity index (χ3v) is 2.90.